The highest BCUT2D eigenvalue weighted by Crippen LogP contribution is 2.49. The first-order valence-corrected chi connectivity index (χ1v) is 9.02. The Balaban J connectivity index is 1.37. The Bertz CT molecular complexity index is 665. The van der Waals surface area contributed by atoms with Crippen molar-refractivity contribution in [3.8, 4) is 11.9 Å². The van der Waals surface area contributed by atoms with Crippen LogP contribution in [0.15, 0.2) is 6.07 Å². The Labute approximate surface area is 151 Å². The third kappa shape index (κ3) is 5.31. The summed E-state index contributed by atoms with van der Waals surface area (Å²) in [4.78, 5) is 9.66. The molecule has 2 heterocycles. The number of alkyl halides is 3. The van der Waals surface area contributed by atoms with Crippen LogP contribution in [-0.2, 0) is 0 Å². The van der Waals surface area contributed by atoms with Crippen LogP contribution in [-0.4, -0.2) is 47.3 Å². The molecule has 2 atom stereocenters. The van der Waals surface area contributed by atoms with Crippen LogP contribution in [0.5, 0.6) is 5.88 Å². The lowest BCUT2D eigenvalue weighted by Crippen LogP contribution is -2.40. The van der Waals surface area contributed by atoms with Gasteiger partial charge in [-0.15, -0.1) is 0 Å². The van der Waals surface area contributed by atoms with E-state index in [2.05, 4.69) is 9.97 Å². The first kappa shape index (κ1) is 18.9. The number of nitrogens with zero attached hydrogens (tertiary/aromatic N) is 4. The van der Waals surface area contributed by atoms with Gasteiger partial charge < -0.3 is 4.74 Å². The molecule has 0 spiro atoms. The van der Waals surface area contributed by atoms with Crippen molar-refractivity contribution in [1.29, 1.82) is 5.26 Å². The summed E-state index contributed by atoms with van der Waals surface area (Å²) in [5.41, 5.74) is 0.294. The SMILES string of the molecule is Cc1nc(C#N)cc(OCC[C@@H]2C[C@@H]2C2CCN(CC(F)(F)F)CC2)n1. The van der Waals surface area contributed by atoms with E-state index in [1.54, 1.807) is 6.92 Å². The van der Waals surface area contributed by atoms with Crippen molar-refractivity contribution in [2.24, 2.45) is 17.8 Å². The van der Waals surface area contributed by atoms with E-state index < -0.39 is 12.7 Å². The van der Waals surface area contributed by atoms with Gasteiger partial charge in [0, 0.05) is 6.07 Å². The molecule has 1 aliphatic heterocycles. The lowest BCUT2D eigenvalue weighted by atomic mass is 9.90. The highest BCUT2D eigenvalue weighted by Gasteiger charge is 2.43. The summed E-state index contributed by atoms with van der Waals surface area (Å²) in [6.45, 7) is 2.55. The van der Waals surface area contributed by atoms with Crippen LogP contribution in [0, 0.1) is 36.0 Å². The first-order chi connectivity index (χ1) is 12.3. The normalized spacial score (nSPS) is 24.3. The summed E-state index contributed by atoms with van der Waals surface area (Å²) in [7, 11) is 0. The fraction of sp³-hybridized carbons (Fsp3) is 0.722. The maximum atomic E-state index is 12.4. The molecule has 2 fully saturated rings. The molecule has 5 nitrogen and oxygen atoms in total. The standard InChI is InChI=1S/C18H23F3N4O/c1-12-23-15(10-22)9-17(24-12)26-7-4-14-8-16(14)13-2-5-25(6-3-13)11-18(19,20)21/h9,13-14,16H,2-8,11H2,1H3/t14-,16-/m1/s1. The monoisotopic (exact) mass is 368 g/mol. The molecular formula is C18H23F3N4O. The van der Waals surface area contributed by atoms with E-state index >= 15 is 0 Å². The molecule has 1 aromatic rings. The largest absolute Gasteiger partial charge is 0.478 e. The highest BCUT2D eigenvalue weighted by atomic mass is 19.4. The number of rotatable bonds is 6. The van der Waals surface area contributed by atoms with Crippen molar-refractivity contribution >= 4 is 0 Å². The summed E-state index contributed by atoms with van der Waals surface area (Å²) in [6, 6.07) is 3.52. The zero-order valence-corrected chi connectivity index (χ0v) is 14.8. The van der Waals surface area contributed by atoms with Crippen LogP contribution in [0.3, 0.4) is 0 Å². The van der Waals surface area contributed by atoms with Gasteiger partial charge in [0.1, 0.15) is 17.6 Å². The summed E-state index contributed by atoms with van der Waals surface area (Å²) in [5, 5.41) is 8.91. The first-order valence-electron chi connectivity index (χ1n) is 9.02. The van der Waals surface area contributed by atoms with Crippen LogP contribution in [0.2, 0.25) is 0 Å². The summed E-state index contributed by atoms with van der Waals surface area (Å²) < 4.78 is 43.0. The van der Waals surface area contributed by atoms with Crippen molar-refractivity contribution in [3.63, 3.8) is 0 Å². The van der Waals surface area contributed by atoms with Gasteiger partial charge in [0.25, 0.3) is 0 Å². The maximum Gasteiger partial charge on any atom is 0.401 e. The quantitative estimate of drug-likeness (QED) is 0.771. The Morgan fingerprint density at radius 1 is 1.31 bits per heavy atom. The number of nitriles is 1. The molecule has 1 saturated carbocycles. The van der Waals surface area contributed by atoms with Gasteiger partial charge in [0.15, 0.2) is 0 Å². The molecule has 0 aromatic carbocycles. The van der Waals surface area contributed by atoms with E-state index in [-0.39, 0.29) is 0 Å². The zero-order valence-electron chi connectivity index (χ0n) is 14.8. The topological polar surface area (TPSA) is 62.0 Å². The molecule has 0 bridgehead atoms. The third-order valence-electron chi connectivity index (χ3n) is 5.29. The fourth-order valence-corrected chi connectivity index (χ4v) is 3.96. The molecule has 8 heteroatoms. The molecule has 1 aliphatic carbocycles. The number of aromatic nitrogens is 2. The van der Waals surface area contributed by atoms with E-state index in [9.17, 15) is 13.2 Å². The van der Waals surface area contributed by atoms with Crippen LogP contribution in [0.1, 0.15) is 37.2 Å². The smallest absolute Gasteiger partial charge is 0.401 e. The van der Waals surface area contributed by atoms with Gasteiger partial charge >= 0.3 is 6.18 Å². The highest BCUT2D eigenvalue weighted by molar-refractivity contribution is 5.25. The van der Waals surface area contributed by atoms with Crippen LogP contribution in [0.25, 0.3) is 0 Å². The van der Waals surface area contributed by atoms with Gasteiger partial charge in [-0.1, -0.05) is 0 Å². The number of halogens is 3. The molecule has 0 N–H and O–H groups in total. The average molecular weight is 368 g/mol. The predicted octanol–water partition coefficient (Wildman–Crippen LogP) is 3.34. The van der Waals surface area contributed by atoms with Crippen molar-refractivity contribution in [1.82, 2.24) is 14.9 Å². The zero-order chi connectivity index (χ0) is 18.7. The van der Waals surface area contributed by atoms with Gasteiger partial charge in [-0.25, -0.2) is 4.98 Å². The molecule has 0 unspecified atom stereocenters. The van der Waals surface area contributed by atoms with Gasteiger partial charge in [-0.3, -0.25) is 4.90 Å². The van der Waals surface area contributed by atoms with Crippen molar-refractivity contribution < 1.29 is 17.9 Å². The number of likely N-dealkylation sites (tertiary alicyclic amines) is 1. The molecule has 26 heavy (non-hydrogen) atoms. The molecule has 0 radical (unpaired) electrons. The maximum absolute atomic E-state index is 12.4. The average Bonchev–Trinajstić information content (AvgIpc) is 3.33. The summed E-state index contributed by atoms with van der Waals surface area (Å²) in [6.07, 6.45) is -0.335. The van der Waals surface area contributed by atoms with Gasteiger partial charge in [-0.2, -0.15) is 23.4 Å². The Morgan fingerprint density at radius 2 is 2.04 bits per heavy atom. The number of aryl methyl sites for hydroxylation is 1. The van der Waals surface area contributed by atoms with E-state index in [1.807, 2.05) is 6.07 Å². The molecule has 2 aliphatic rings. The van der Waals surface area contributed by atoms with Gasteiger partial charge in [0.05, 0.1) is 13.2 Å². The second-order valence-corrected chi connectivity index (χ2v) is 7.28. The fourth-order valence-electron chi connectivity index (χ4n) is 3.96. The van der Waals surface area contributed by atoms with E-state index in [0.29, 0.717) is 54.8 Å². The number of hydrogen-bond acceptors (Lipinski definition) is 5. The lowest BCUT2D eigenvalue weighted by Gasteiger charge is -2.32. The van der Waals surface area contributed by atoms with E-state index in [0.717, 1.165) is 25.7 Å². The number of hydrogen-bond donors (Lipinski definition) is 0. The van der Waals surface area contributed by atoms with Crippen LogP contribution in [0.4, 0.5) is 13.2 Å². The second kappa shape index (κ2) is 7.78. The van der Waals surface area contributed by atoms with Crippen LogP contribution < -0.4 is 4.74 Å². The minimum absolute atomic E-state index is 0.294. The molecule has 1 aromatic heterocycles. The Hall–Kier alpha value is -1.88. The number of piperidine rings is 1. The lowest BCUT2D eigenvalue weighted by molar-refractivity contribution is -0.148. The van der Waals surface area contributed by atoms with Crippen molar-refractivity contribution in [2.45, 2.75) is 38.8 Å². The third-order valence-corrected chi connectivity index (χ3v) is 5.29. The molecule has 3 rings (SSSR count). The summed E-state index contributed by atoms with van der Waals surface area (Å²) in [5.74, 6) is 2.68. The van der Waals surface area contributed by atoms with E-state index in [1.165, 1.54) is 11.0 Å². The number of ether oxygens (including phenoxy) is 1. The van der Waals surface area contributed by atoms with Crippen LogP contribution >= 0.6 is 0 Å². The van der Waals surface area contributed by atoms with E-state index in [4.69, 9.17) is 10.00 Å². The molecule has 1 saturated heterocycles. The minimum Gasteiger partial charge on any atom is -0.478 e. The molecule has 142 valence electrons. The van der Waals surface area contributed by atoms with Gasteiger partial charge in [-0.05, 0) is 63.5 Å². The Kier molecular flexibility index (Phi) is 5.66. The van der Waals surface area contributed by atoms with Crippen molar-refractivity contribution in [2.75, 3.05) is 26.2 Å². The van der Waals surface area contributed by atoms with Crippen molar-refractivity contribution in [3.05, 3.63) is 17.6 Å². The van der Waals surface area contributed by atoms with Gasteiger partial charge in [0.2, 0.25) is 5.88 Å². The summed E-state index contributed by atoms with van der Waals surface area (Å²) >= 11 is 0. The second-order valence-electron chi connectivity index (χ2n) is 7.28. The minimum atomic E-state index is -4.10. The Morgan fingerprint density at radius 3 is 2.69 bits per heavy atom. The predicted molar refractivity (Wildman–Crippen MR) is 88.4 cm³/mol. The molecule has 0 amide bonds. The molecular weight excluding hydrogens is 345 g/mol.